The first-order chi connectivity index (χ1) is 8.28. The van der Waals surface area contributed by atoms with Crippen molar-refractivity contribution in [3.8, 4) is 0 Å². The lowest BCUT2D eigenvalue weighted by molar-refractivity contribution is 0.327. The van der Waals surface area contributed by atoms with Crippen LogP contribution in [0.1, 0.15) is 25.5 Å². The summed E-state index contributed by atoms with van der Waals surface area (Å²) in [4.78, 5) is 6.78. The first-order valence-electron chi connectivity index (χ1n) is 6.67. The van der Waals surface area contributed by atoms with Crippen molar-refractivity contribution in [3.63, 3.8) is 0 Å². The predicted octanol–water partition coefficient (Wildman–Crippen LogP) is 2.53. The average Bonchev–Trinajstić information content (AvgIpc) is 2.75. The van der Waals surface area contributed by atoms with Crippen LogP contribution in [-0.2, 0) is 0 Å². The molecule has 1 fully saturated rings. The third-order valence-electron chi connectivity index (χ3n) is 3.40. The molecule has 0 bridgehead atoms. The molecule has 1 aliphatic heterocycles. The van der Waals surface area contributed by atoms with E-state index in [9.17, 15) is 0 Å². The average molecular weight is 233 g/mol. The zero-order valence-corrected chi connectivity index (χ0v) is 10.9. The van der Waals surface area contributed by atoms with E-state index in [0.29, 0.717) is 0 Å². The summed E-state index contributed by atoms with van der Waals surface area (Å²) in [6, 6.07) is 4.16. The summed E-state index contributed by atoms with van der Waals surface area (Å²) in [5, 5.41) is 3.52. The third kappa shape index (κ3) is 3.70. The molecule has 1 unspecified atom stereocenters. The lowest BCUT2D eigenvalue weighted by Gasteiger charge is -2.15. The Kier molecular flexibility index (Phi) is 4.37. The largest absolute Gasteiger partial charge is 0.385 e. The second kappa shape index (κ2) is 6.01. The number of likely N-dealkylation sites (tertiary alicyclic amines) is 1. The molecule has 0 saturated carbocycles. The Balaban J connectivity index is 1.76. The normalized spacial score (nSPS) is 20.7. The molecule has 2 heterocycles. The molecule has 3 heteroatoms. The Morgan fingerprint density at radius 2 is 2.41 bits per heavy atom. The molecule has 17 heavy (non-hydrogen) atoms. The quantitative estimate of drug-likeness (QED) is 0.847. The Labute approximate surface area is 104 Å². The first kappa shape index (κ1) is 12.4. The Morgan fingerprint density at radius 3 is 3.18 bits per heavy atom. The van der Waals surface area contributed by atoms with Gasteiger partial charge in [-0.2, -0.15) is 0 Å². The fraction of sp³-hybridized carbons (Fsp3) is 0.643. The molecule has 1 aliphatic rings. The van der Waals surface area contributed by atoms with Gasteiger partial charge in [0.15, 0.2) is 0 Å². The van der Waals surface area contributed by atoms with Crippen molar-refractivity contribution in [2.75, 3.05) is 31.5 Å². The number of pyridine rings is 1. The van der Waals surface area contributed by atoms with Crippen molar-refractivity contribution in [3.05, 3.63) is 24.0 Å². The van der Waals surface area contributed by atoms with Crippen molar-refractivity contribution in [2.45, 2.75) is 26.7 Å². The number of anilines is 1. The molecule has 0 radical (unpaired) electrons. The maximum absolute atomic E-state index is 4.21. The molecule has 0 aliphatic carbocycles. The number of aromatic nitrogens is 1. The minimum Gasteiger partial charge on any atom is -0.385 e. The third-order valence-corrected chi connectivity index (χ3v) is 3.40. The van der Waals surface area contributed by atoms with Crippen LogP contribution in [0.25, 0.3) is 0 Å². The number of hydrogen-bond donors (Lipinski definition) is 1. The minimum atomic E-state index is 0.801. The van der Waals surface area contributed by atoms with Crippen molar-refractivity contribution < 1.29 is 0 Å². The lowest BCUT2D eigenvalue weighted by Crippen LogP contribution is -2.23. The fourth-order valence-electron chi connectivity index (χ4n) is 2.52. The van der Waals surface area contributed by atoms with Crippen LogP contribution < -0.4 is 5.32 Å². The van der Waals surface area contributed by atoms with Crippen molar-refractivity contribution in [1.29, 1.82) is 0 Å². The molecule has 1 aromatic heterocycles. The molecule has 94 valence electrons. The summed E-state index contributed by atoms with van der Waals surface area (Å²) in [5.41, 5.74) is 2.28. The Hall–Kier alpha value is -1.09. The maximum atomic E-state index is 4.21. The van der Waals surface area contributed by atoms with E-state index in [-0.39, 0.29) is 0 Å². The zero-order chi connectivity index (χ0) is 12.1. The summed E-state index contributed by atoms with van der Waals surface area (Å²) in [7, 11) is 0. The predicted molar refractivity (Wildman–Crippen MR) is 72.3 cm³/mol. The molecule has 3 nitrogen and oxygen atoms in total. The zero-order valence-electron chi connectivity index (χ0n) is 10.9. The van der Waals surface area contributed by atoms with E-state index in [1.165, 1.54) is 38.2 Å². The molecule has 0 amide bonds. The molecule has 1 N–H and O–H groups in total. The number of rotatable bonds is 5. The fourth-order valence-corrected chi connectivity index (χ4v) is 2.52. The van der Waals surface area contributed by atoms with Crippen LogP contribution in [0.15, 0.2) is 18.3 Å². The summed E-state index contributed by atoms with van der Waals surface area (Å²) in [5.74, 6) is 0.801. The summed E-state index contributed by atoms with van der Waals surface area (Å²) in [6.07, 6.45) is 4.47. The van der Waals surface area contributed by atoms with E-state index in [4.69, 9.17) is 0 Å². The number of aryl methyl sites for hydroxylation is 1. The molecular formula is C14H23N3. The van der Waals surface area contributed by atoms with Gasteiger partial charge >= 0.3 is 0 Å². The van der Waals surface area contributed by atoms with Gasteiger partial charge in [0.2, 0.25) is 0 Å². The van der Waals surface area contributed by atoms with Gasteiger partial charge in [0.05, 0.1) is 0 Å². The second-order valence-electron chi connectivity index (χ2n) is 5.02. The number of nitrogens with one attached hydrogen (secondary N) is 1. The summed E-state index contributed by atoms with van der Waals surface area (Å²) < 4.78 is 0. The molecule has 1 aromatic rings. The van der Waals surface area contributed by atoms with E-state index in [0.717, 1.165) is 18.2 Å². The van der Waals surface area contributed by atoms with Gasteiger partial charge in [0.1, 0.15) is 0 Å². The van der Waals surface area contributed by atoms with Crippen molar-refractivity contribution in [2.24, 2.45) is 5.92 Å². The molecule has 0 spiro atoms. The maximum Gasteiger partial charge on any atom is 0.0393 e. The van der Waals surface area contributed by atoms with Gasteiger partial charge in [-0.3, -0.25) is 4.98 Å². The Morgan fingerprint density at radius 1 is 1.53 bits per heavy atom. The number of hydrogen-bond acceptors (Lipinski definition) is 3. The van der Waals surface area contributed by atoms with Crippen molar-refractivity contribution >= 4 is 5.69 Å². The SMILES string of the molecule is CCCN1CCC(CNc2ccnc(C)c2)C1. The highest BCUT2D eigenvalue weighted by molar-refractivity contribution is 5.42. The van der Waals surface area contributed by atoms with E-state index >= 15 is 0 Å². The van der Waals surface area contributed by atoms with Crippen LogP contribution >= 0.6 is 0 Å². The van der Waals surface area contributed by atoms with Gasteiger partial charge < -0.3 is 10.2 Å². The van der Waals surface area contributed by atoms with E-state index in [2.05, 4.69) is 28.2 Å². The number of nitrogens with zero attached hydrogens (tertiary/aromatic N) is 2. The van der Waals surface area contributed by atoms with E-state index < -0.39 is 0 Å². The van der Waals surface area contributed by atoms with E-state index in [1.807, 2.05) is 19.2 Å². The minimum absolute atomic E-state index is 0.801. The van der Waals surface area contributed by atoms with Crippen LogP contribution in [0.2, 0.25) is 0 Å². The van der Waals surface area contributed by atoms with E-state index in [1.54, 1.807) is 0 Å². The van der Waals surface area contributed by atoms with Crippen LogP contribution in [0.4, 0.5) is 5.69 Å². The van der Waals surface area contributed by atoms with Crippen LogP contribution in [0.5, 0.6) is 0 Å². The highest BCUT2D eigenvalue weighted by Gasteiger charge is 2.21. The van der Waals surface area contributed by atoms with Gasteiger partial charge in [0, 0.05) is 30.7 Å². The van der Waals surface area contributed by atoms with Crippen LogP contribution in [-0.4, -0.2) is 36.1 Å². The van der Waals surface area contributed by atoms with Gasteiger partial charge in [-0.25, -0.2) is 0 Å². The molecule has 0 aromatic carbocycles. The lowest BCUT2D eigenvalue weighted by atomic mass is 10.1. The topological polar surface area (TPSA) is 28.2 Å². The molecule has 1 saturated heterocycles. The van der Waals surface area contributed by atoms with Crippen LogP contribution in [0, 0.1) is 12.8 Å². The van der Waals surface area contributed by atoms with Gasteiger partial charge in [-0.05, 0) is 50.9 Å². The first-order valence-corrected chi connectivity index (χ1v) is 6.67. The highest BCUT2D eigenvalue weighted by atomic mass is 15.1. The molecule has 2 rings (SSSR count). The van der Waals surface area contributed by atoms with Gasteiger partial charge in [-0.15, -0.1) is 0 Å². The van der Waals surface area contributed by atoms with Crippen molar-refractivity contribution in [1.82, 2.24) is 9.88 Å². The van der Waals surface area contributed by atoms with Gasteiger partial charge in [0.25, 0.3) is 0 Å². The monoisotopic (exact) mass is 233 g/mol. The smallest absolute Gasteiger partial charge is 0.0393 e. The standard InChI is InChI=1S/C14H23N3/c1-3-7-17-8-5-13(11-17)10-16-14-4-6-15-12(2)9-14/h4,6,9,13H,3,5,7-8,10-11H2,1-2H3,(H,15,16). The second-order valence-corrected chi connectivity index (χ2v) is 5.02. The van der Waals surface area contributed by atoms with Crippen LogP contribution in [0.3, 0.4) is 0 Å². The molecular weight excluding hydrogens is 210 g/mol. The highest BCUT2D eigenvalue weighted by Crippen LogP contribution is 2.17. The molecule has 1 atom stereocenters. The Bertz CT molecular complexity index is 351. The summed E-state index contributed by atoms with van der Waals surface area (Å²) in [6.45, 7) is 9.16. The van der Waals surface area contributed by atoms with Gasteiger partial charge in [-0.1, -0.05) is 6.92 Å². The summed E-state index contributed by atoms with van der Waals surface area (Å²) >= 11 is 0.